The Labute approximate surface area is 137 Å². The van der Waals surface area contributed by atoms with Gasteiger partial charge in [-0.3, -0.25) is 0 Å². The summed E-state index contributed by atoms with van der Waals surface area (Å²) in [6.45, 7) is 0. The zero-order chi connectivity index (χ0) is 15.1. The van der Waals surface area contributed by atoms with Crippen molar-refractivity contribution in [2.75, 3.05) is 5.73 Å². The van der Waals surface area contributed by atoms with Crippen LogP contribution < -0.4 is 5.73 Å². The Morgan fingerprint density at radius 2 is 1.09 bits per heavy atom. The molecule has 2 N–H and O–H groups in total. The number of hydrogen-bond donors (Lipinski definition) is 1. The molecule has 0 aliphatic heterocycles. The van der Waals surface area contributed by atoms with Crippen molar-refractivity contribution < 1.29 is 0 Å². The molecular weight excluding hydrogens is 334 g/mol. The minimum atomic E-state index is 0.844. The second-order valence-corrected chi connectivity index (χ2v) is 6.30. The lowest BCUT2D eigenvalue weighted by Gasteiger charge is -2.15. The van der Waals surface area contributed by atoms with E-state index in [4.69, 9.17) is 5.73 Å². The van der Waals surface area contributed by atoms with Crippen LogP contribution >= 0.6 is 15.9 Å². The van der Waals surface area contributed by atoms with Crippen molar-refractivity contribution in [1.82, 2.24) is 0 Å². The van der Waals surface area contributed by atoms with Gasteiger partial charge >= 0.3 is 0 Å². The van der Waals surface area contributed by atoms with Crippen molar-refractivity contribution in [2.45, 2.75) is 0 Å². The molecule has 0 saturated heterocycles. The first-order chi connectivity index (χ1) is 10.8. The monoisotopic (exact) mass is 347 g/mol. The fourth-order valence-corrected chi connectivity index (χ4v) is 3.36. The fourth-order valence-electron chi connectivity index (χ4n) is 3.10. The van der Waals surface area contributed by atoms with E-state index >= 15 is 0 Å². The van der Waals surface area contributed by atoms with Gasteiger partial charge in [-0.1, -0.05) is 76.6 Å². The van der Waals surface area contributed by atoms with Gasteiger partial charge < -0.3 is 5.73 Å². The quantitative estimate of drug-likeness (QED) is 0.331. The smallest absolute Gasteiger partial charge is 0.0479 e. The third kappa shape index (κ3) is 1.99. The molecule has 1 nitrogen and oxygen atoms in total. The zero-order valence-corrected chi connectivity index (χ0v) is 13.5. The van der Waals surface area contributed by atoms with Gasteiger partial charge in [0.05, 0.1) is 0 Å². The molecule has 0 atom stereocenters. The maximum atomic E-state index is 6.54. The summed E-state index contributed by atoms with van der Waals surface area (Å²) < 4.78 is 1.07. The number of hydrogen-bond acceptors (Lipinski definition) is 1. The number of nitrogens with two attached hydrogens (primary N) is 1. The SMILES string of the molecule is Nc1c(-c2ccc(Br)cc2)c2ccccc2c2ccccc12. The fraction of sp³-hybridized carbons (Fsp3) is 0. The van der Waals surface area contributed by atoms with E-state index < -0.39 is 0 Å². The molecule has 0 saturated carbocycles. The van der Waals surface area contributed by atoms with Gasteiger partial charge in [-0.05, 0) is 33.9 Å². The van der Waals surface area contributed by atoms with E-state index in [2.05, 4.69) is 82.7 Å². The van der Waals surface area contributed by atoms with Crippen LogP contribution in [0.25, 0.3) is 32.7 Å². The molecule has 0 heterocycles. The van der Waals surface area contributed by atoms with Crippen LogP contribution in [-0.4, -0.2) is 0 Å². The highest BCUT2D eigenvalue weighted by Crippen LogP contribution is 2.40. The van der Waals surface area contributed by atoms with Crippen molar-refractivity contribution in [2.24, 2.45) is 0 Å². The van der Waals surface area contributed by atoms with Crippen LogP contribution in [0.1, 0.15) is 0 Å². The Kier molecular flexibility index (Phi) is 3.12. The Morgan fingerprint density at radius 3 is 1.73 bits per heavy atom. The highest BCUT2D eigenvalue weighted by Gasteiger charge is 2.13. The minimum absolute atomic E-state index is 0.844. The molecule has 0 radical (unpaired) electrons. The second kappa shape index (κ2) is 5.15. The van der Waals surface area contributed by atoms with Gasteiger partial charge in [0.15, 0.2) is 0 Å². The first kappa shape index (κ1) is 13.4. The predicted octanol–water partition coefficient (Wildman–Crippen LogP) is 6.00. The molecule has 2 heteroatoms. The molecule has 0 fully saturated rings. The van der Waals surface area contributed by atoms with Crippen LogP contribution in [0.15, 0.2) is 77.3 Å². The van der Waals surface area contributed by atoms with Gasteiger partial charge in [0.2, 0.25) is 0 Å². The lowest BCUT2D eigenvalue weighted by atomic mass is 9.91. The summed E-state index contributed by atoms with van der Waals surface area (Å²) >= 11 is 3.49. The van der Waals surface area contributed by atoms with Crippen LogP contribution in [0.4, 0.5) is 5.69 Å². The molecule has 106 valence electrons. The number of halogens is 1. The summed E-state index contributed by atoms with van der Waals surface area (Å²) in [5.74, 6) is 0. The second-order valence-electron chi connectivity index (χ2n) is 5.39. The van der Waals surface area contributed by atoms with Crippen LogP contribution in [0.2, 0.25) is 0 Å². The lowest BCUT2D eigenvalue weighted by molar-refractivity contribution is 1.62. The van der Waals surface area contributed by atoms with Gasteiger partial charge in [0.25, 0.3) is 0 Å². The zero-order valence-electron chi connectivity index (χ0n) is 11.9. The number of nitrogen functional groups attached to an aromatic ring is 1. The van der Waals surface area contributed by atoms with E-state index in [-0.39, 0.29) is 0 Å². The van der Waals surface area contributed by atoms with E-state index in [9.17, 15) is 0 Å². The van der Waals surface area contributed by atoms with Gasteiger partial charge in [0.1, 0.15) is 0 Å². The van der Waals surface area contributed by atoms with Crippen molar-refractivity contribution in [1.29, 1.82) is 0 Å². The van der Waals surface area contributed by atoms with Crippen LogP contribution in [0.3, 0.4) is 0 Å². The van der Waals surface area contributed by atoms with E-state index in [1.165, 1.54) is 16.2 Å². The molecule has 0 aliphatic rings. The van der Waals surface area contributed by atoms with E-state index in [0.717, 1.165) is 26.7 Å². The highest BCUT2D eigenvalue weighted by molar-refractivity contribution is 9.10. The molecule has 0 spiro atoms. The first-order valence-corrected chi connectivity index (χ1v) is 8.00. The van der Waals surface area contributed by atoms with E-state index in [1.807, 2.05) is 6.07 Å². The Balaban J connectivity index is 2.20. The predicted molar refractivity (Wildman–Crippen MR) is 99.0 cm³/mol. The van der Waals surface area contributed by atoms with Crippen molar-refractivity contribution in [3.63, 3.8) is 0 Å². The van der Waals surface area contributed by atoms with E-state index in [0.29, 0.717) is 0 Å². The number of rotatable bonds is 1. The lowest BCUT2D eigenvalue weighted by Crippen LogP contribution is -1.94. The van der Waals surface area contributed by atoms with Crippen molar-refractivity contribution in [3.8, 4) is 11.1 Å². The average Bonchev–Trinajstić information content (AvgIpc) is 2.57. The Morgan fingerprint density at radius 1 is 0.591 bits per heavy atom. The molecule has 0 aromatic heterocycles. The Hall–Kier alpha value is -2.32. The van der Waals surface area contributed by atoms with Crippen LogP contribution in [-0.2, 0) is 0 Å². The third-order valence-electron chi connectivity index (χ3n) is 4.11. The summed E-state index contributed by atoms with van der Waals surface area (Å²) in [6.07, 6.45) is 0. The van der Waals surface area contributed by atoms with Crippen LogP contribution in [0, 0.1) is 0 Å². The molecule has 0 bridgehead atoms. The summed E-state index contributed by atoms with van der Waals surface area (Å²) in [7, 11) is 0. The number of anilines is 1. The normalized spacial score (nSPS) is 11.1. The summed E-state index contributed by atoms with van der Waals surface area (Å²) in [6, 6.07) is 25.1. The molecule has 0 aliphatic carbocycles. The molecule has 4 rings (SSSR count). The standard InChI is InChI=1S/C20H14BrN/c21-14-11-9-13(10-12-14)19-17-7-3-1-5-15(17)16-6-2-4-8-18(16)20(19)22/h1-12H,22H2. The topological polar surface area (TPSA) is 26.0 Å². The van der Waals surface area contributed by atoms with Crippen molar-refractivity contribution in [3.05, 3.63) is 77.3 Å². The minimum Gasteiger partial charge on any atom is -0.398 e. The average molecular weight is 348 g/mol. The number of fused-ring (bicyclic) bond motifs is 3. The molecule has 0 unspecified atom stereocenters. The van der Waals surface area contributed by atoms with Gasteiger partial charge in [-0.25, -0.2) is 0 Å². The molecule has 4 aromatic rings. The maximum Gasteiger partial charge on any atom is 0.0479 e. The molecule has 4 aromatic carbocycles. The Bertz CT molecular complexity index is 988. The molecule has 0 amide bonds. The summed E-state index contributed by atoms with van der Waals surface area (Å²) in [5.41, 5.74) is 9.64. The van der Waals surface area contributed by atoms with Gasteiger partial charge in [-0.2, -0.15) is 0 Å². The van der Waals surface area contributed by atoms with Gasteiger partial charge in [0, 0.05) is 21.1 Å². The largest absolute Gasteiger partial charge is 0.398 e. The summed E-state index contributed by atoms with van der Waals surface area (Å²) in [4.78, 5) is 0. The maximum absolute atomic E-state index is 6.54. The van der Waals surface area contributed by atoms with E-state index in [1.54, 1.807) is 0 Å². The van der Waals surface area contributed by atoms with Gasteiger partial charge in [-0.15, -0.1) is 0 Å². The van der Waals surface area contributed by atoms with Crippen molar-refractivity contribution >= 4 is 43.2 Å². The molecule has 22 heavy (non-hydrogen) atoms. The third-order valence-corrected chi connectivity index (χ3v) is 4.63. The van der Waals surface area contributed by atoms with Crippen LogP contribution in [0.5, 0.6) is 0 Å². The number of benzene rings is 4. The summed E-state index contributed by atoms with van der Waals surface area (Å²) in [5, 5.41) is 4.75. The first-order valence-electron chi connectivity index (χ1n) is 7.20. The molecular formula is C20H14BrN. The highest BCUT2D eigenvalue weighted by atomic mass is 79.9.